The number of carbonyl (C=O) groups excluding carboxylic acids is 2. The number of rotatable bonds is 5. The minimum absolute atomic E-state index is 0.0317. The maximum absolute atomic E-state index is 12.6. The topological polar surface area (TPSA) is 61.4 Å². The van der Waals surface area contributed by atoms with Crippen LogP contribution in [0.3, 0.4) is 0 Å². The lowest BCUT2D eigenvalue weighted by Crippen LogP contribution is -2.44. The highest BCUT2D eigenvalue weighted by molar-refractivity contribution is 5.80. The number of hydrogen-bond donors (Lipinski definition) is 2. The Hall–Kier alpha value is -1.88. The van der Waals surface area contributed by atoms with Crippen LogP contribution in [0.1, 0.15) is 37.3 Å². The molecule has 3 rings (SSSR count). The average Bonchev–Trinajstić information content (AvgIpc) is 3.00. The highest BCUT2D eigenvalue weighted by Gasteiger charge is 2.28. The van der Waals surface area contributed by atoms with E-state index in [1.54, 1.807) is 0 Å². The molecule has 2 amide bonds. The van der Waals surface area contributed by atoms with Crippen molar-refractivity contribution in [1.29, 1.82) is 0 Å². The summed E-state index contributed by atoms with van der Waals surface area (Å²) in [6.45, 7) is 3.10. The van der Waals surface area contributed by atoms with Crippen molar-refractivity contribution < 1.29 is 9.59 Å². The monoisotopic (exact) mass is 315 g/mol. The molecule has 23 heavy (non-hydrogen) atoms. The third-order valence-corrected chi connectivity index (χ3v) is 4.76. The van der Waals surface area contributed by atoms with Crippen LogP contribution in [0.25, 0.3) is 0 Å². The van der Waals surface area contributed by atoms with Gasteiger partial charge in [0, 0.05) is 26.1 Å². The van der Waals surface area contributed by atoms with Gasteiger partial charge in [-0.1, -0.05) is 30.3 Å². The van der Waals surface area contributed by atoms with E-state index in [-0.39, 0.29) is 23.8 Å². The number of amides is 2. The molecule has 2 N–H and O–H groups in total. The van der Waals surface area contributed by atoms with Gasteiger partial charge in [-0.25, -0.2) is 0 Å². The summed E-state index contributed by atoms with van der Waals surface area (Å²) < 4.78 is 0. The van der Waals surface area contributed by atoms with Crippen molar-refractivity contribution in [1.82, 2.24) is 15.5 Å². The van der Waals surface area contributed by atoms with E-state index in [1.165, 1.54) is 0 Å². The average molecular weight is 315 g/mol. The fourth-order valence-corrected chi connectivity index (χ4v) is 3.40. The molecule has 0 radical (unpaired) electrons. The second kappa shape index (κ2) is 7.59. The van der Waals surface area contributed by atoms with Gasteiger partial charge in [0.25, 0.3) is 0 Å². The van der Waals surface area contributed by atoms with Crippen molar-refractivity contribution in [3.63, 3.8) is 0 Å². The van der Waals surface area contributed by atoms with E-state index < -0.39 is 0 Å². The minimum atomic E-state index is -0.132. The summed E-state index contributed by atoms with van der Waals surface area (Å²) in [5.74, 6) is 0.321. The van der Waals surface area contributed by atoms with Crippen LogP contribution in [0.2, 0.25) is 0 Å². The second-order valence-corrected chi connectivity index (χ2v) is 6.46. The van der Waals surface area contributed by atoms with Crippen molar-refractivity contribution in [2.75, 3.05) is 26.2 Å². The molecule has 2 unspecified atom stereocenters. The molecule has 0 bridgehead atoms. The lowest BCUT2D eigenvalue weighted by molar-refractivity contribution is -0.130. The van der Waals surface area contributed by atoms with Gasteiger partial charge < -0.3 is 15.5 Å². The van der Waals surface area contributed by atoms with Gasteiger partial charge in [0.1, 0.15) is 0 Å². The van der Waals surface area contributed by atoms with Crippen LogP contribution in [0.15, 0.2) is 30.3 Å². The first-order valence-electron chi connectivity index (χ1n) is 8.58. The van der Waals surface area contributed by atoms with Gasteiger partial charge in [0.2, 0.25) is 11.8 Å². The Morgan fingerprint density at radius 2 is 2.13 bits per heavy atom. The molecule has 0 spiro atoms. The number of nitrogens with one attached hydrogen (secondary N) is 2. The van der Waals surface area contributed by atoms with E-state index in [1.807, 2.05) is 35.2 Å². The quantitative estimate of drug-likeness (QED) is 0.865. The third-order valence-electron chi connectivity index (χ3n) is 4.76. The lowest BCUT2D eigenvalue weighted by atomic mass is 9.97. The van der Waals surface area contributed by atoms with Crippen LogP contribution in [-0.4, -0.2) is 42.9 Å². The summed E-state index contributed by atoms with van der Waals surface area (Å²) in [6.07, 6.45) is 3.52. The second-order valence-electron chi connectivity index (χ2n) is 6.46. The molecule has 1 aromatic carbocycles. The number of carbonyl (C=O) groups is 2. The Morgan fingerprint density at radius 1 is 1.30 bits per heavy atom. The molecule has 0 saturated carbocycles. The summed E-state index contributed by atoms with van der Waals surface area (Å²) in [5, 5.41) is 6.46. The van der Waals surface area contributed by atoms with E-state index >= 15 is 0 Å². The third kappa shape index (κ3) is 4.10. The van der Waals surface area contributed by atoms with E-state index in [0.29, 0.717) is 13.0 Å². The normalized spacial score (nSPS) is 22.9. The molecule has 1 aromatic rings. The van der Waals surface area contributed by atoms with Gasteiger partial charge in [-0.3, -0.25) is 9.59 Å². The number of likely N-dealkylation sites (tertiary alicyclic amines) is 1. The van der Waals surface area contributed by atoms with E-state index in [4.69, 9.17) is 0 Å². The van der Waals surface area contributed by atoms with Crippen LogP contribution in [-0.2, 0) is 9.59 Å². The van der Waals surface area contributed by atoms with Gasteiger partial charge >= 0.3 is 0 Å². The van der Waals surface area contributed by atoms with Crippen molar-refractivity contribution >= 4 is 11.8 Å². The first-order chi connectivity index (χ1) is 11.2. The van der Waals surface area contributed by atoms with E-state index in [0.717, 1.165) is 44.5 Å². The fraction of sp³-hybridized carbons (Fsp3) is 0.556. The van der Waals surface area contributed by atoms with Gasteiger partial charge in [-0.05, 0) is 31.4 Å². The summed E-state index contributed by atoms with van der Waals surface area (Å²) >= 11 is 0. The van der Waals surface area contributed by atoms with Gasteiger partial charge in [0.05, 0.1) is 12.0 Å². The fourth-order valence-electron chi connectivity index (χ4n) is 3.40. The Kier molecular flexibility index (Phi) is 5.28. The molecule has 5 heteroatoms. The predicted octanol–water partition coefficient (Wildman–Crippen LogP) is 1.47. The first-order valence-corrected chi connectivity index (χ1v) is 8.58. The molecule has 124 valence electrons. The number of nitrogens with zero attached hydrogens (tertiary/aromatic N) is 1. The summed E-state index contributed by atoms with van der Waals surface area (Å²) in [5.41, 5.74) is 1.06. The molecular formula is C18H25N3O2. The Balaban J connectivity index is 1.69. The molecule has 2 aliphatic heterocycles. The van der Waals surface area contributed by atoms with Gasteiger partial charge in [0.15, 0.2) is 0 Å². The van der Waals surface area contributed by atoms with Crippen molar-refractivity contribution in [3.8, 4) is 0 Å². The molecule has 2 aliphatic rings. The standard InChI is InChI=1S/C18H25N3O2/c22-17-9-5-11-21(17)13-16(14-6-2-1-3-7-14)20-18(23)15-8-4-10-19-12-15/h1-3,6-7,15-16,19H,4-5,8-13H2,(H,20,23). The number of piperidine rings is 1. The maximum Gasteiger partial charge on any atom is 0.224 e. The summed E-state index contributed by atoms with van der Waals surface area (Å²) in [7, 11) is 0. The van der Waals surface area contributed by atoms with Crippen LogP contribution >= 0.6 is 0 Å². The zero-order valence-electron chi connectivity index (χ0n) is 13.5. The summed E-state index contributed by atoms with van der Waals surface area (Å²) in [4.78, 5) is 26.4. The Labute approximate surface area is 137 Å². The van der Waals surface area contributed by atoms with Crippen LogP contribution in [0.5, 0.6) is 0 Å². The highest BCUT2D eigenvalue weighted by Crippen LogP contribution is 2.20. The van der Waals surface area contributed by atoms with Crippen LogP contribution in [0.4, 0.5) is 0 Å². The van der Waals surface area contributed by atoms with Crippen molar-refractivity contribution in [3.05, 3.63) is 35.9 Å². The minimum Gasteiger partial charge on any atom is -0.347 e. The summed E-state index contributed by atoms with van der Waals surface area (Å²) in [6, 6.07) is 9.82. The first kappa shape index (κ1) is 16.0. The van der Waals surface area contributed by atoms with E-state index in [2.05, 4.69) is 10.6 Å². The molecule has 2 heterocycles. The molecule has 2 atom stereocenters. The predicted molar refractivity (Wildman–Crippen MR) is 88.7 cm³/mol. The molecule has 2 saturated heterocycles. The van der Waals surface area contributed by atoms with Gasteiger partial charge in [-0.2, -0.15) is 0 Å². The maximum atomic E-state index is 12.6. The zero-order chi connectivity index (χ0) is 16.1. The molecular weight excluding hydrogens is 290 g/mol. The highest BCUT2D eigenvalue weighted by atomic mass is 16.2. The lowest BCUT2D eigenvalue weighted by Gasteiger charge is -2.28. The molecule has 0 aromatic heterocycles. The SMILES string of the molecule is O=C(NC(CN1CCCC1=O)c1ccccc1)C1CCCNC1. The van der Waals surface area contributed by atoms with Crippen molar-refractivity contribution in [2.24, 2.45) is 5.92 Å². The van der Waals surface area contributed by atoms with Gasteiger partial charge in [-0.15, -0.1) is 0 Å². The van der Waals surface area contributed by atoms with Crippen LogP contribution in [0, 0.1) is 5.92 Å². The van der Waals surface area contributed by atoms with Crippen LogP contribution < -0.4 is 10.6 Å². The molecule has 0 aliphatic carbocycles. The Bertz CT molecular complexity index is 540. The van der Waals surface area contributed by atoms with Crippen molar-refractivity contribution in [2.45, 2.75) is 31.7 Å². The number of hydrogen-bond acceptors (Lipinski definition) is 3. The zero-order valence-corrected chi connectivity index (χ0v) is 13.5. The number of benzene rings is 1. The molecule has 5 nitrogen and oxygen atoms in total. The largest absolute Gasteiger partial charge is 0.347 e. The molecule has 2 fully saturated rings. The smallest absolute Gasteiger partial charge is 0.224 e. The Morgan fingerprint density at radius 3 is 2.78 bits per heavy atom. The van der Waals surface area contributed by atoms with E-state index in [9.17, 15) is 9.59 Å².